The molecule has 5 atom stereocenters. The number of thiocyanates is 1. The molecule has 9 nitrogen and oxygen atoms in total. The lowest BCUT2D eigenvalue weighted by Crippen LogP contribution is -2.61. The largest absolute Gasteiger partial charge is 0.456 e. The standard InChI is InChI=1S/C14H16N2O7S2/c1-7(17)20-11-10(4-25-5-15)23-14(16-6-24)13(22-9(3)19)12(11)21-8(2)18/h10-14H,4H2,1-3H3/t10-,11-,12+,13-,14-/m1/s1. The normalized spacial score (nSPS) is 28.0. The number of carbonyl (C=O) groups excluding carboxylic acids is 3. The van der Waals surface area contributed by atoms with Crippen LogP contribution in [0.2, 0.25) is 0 Å². The van der Waals surface area contributed by atoms with Crippen molar-refractivity contribution >= 4 is 47.0 Å². The molecule has 1 aliphatic heterocycles. The number of rotatable bonds is 6. The number of carbonyl (C=O) groups is 3. The van der Waals surface area contributed by atoms with E-state index in [1.807, 2.05) is 5.40 Å². The van der Waals surface area contributed by atoms with E-state index in [2.05, 4.69) is 22.4 Å². The zero-order valence-electron chi connectivity index (χ0n) is 13.7. The van der Waals surface area contributed by atoms with Gasteiger partial charge < -0.3 is 18.9 Å². The smallest absolute Gasteiger partial charge is 0.303 e. The maximum Gasteiger partial charge on any atom is 0.303 e. The second-order valence-electron chi connectivity index (χ2n) is 4.91. The minimum atomic E-state index is -1.19. The van der Waals surface area contributed by atoms with Gasteiger partial charge in [-0.1, -0.05) is 0 Å². The molecule has 1 saturated heterocycles. The first-order chi connectivity index (χ1) is 11.8. The third kappa shape index (κ3) is 6.43. The molecule has 0 spiro atoms. The Labute approximate surface area is 153 Å². The molecule has 0 aromatic rings. The lowest BCUT2D eigenvalue weighted by molar-refractivity contribution is -0.241. The summed E-state index contributed by atoms with van der Waals surface area (Å²) in [5.74, 6) is -1.92. The molecule has 0 aromatic carbocycles. The van der Waals surface area contributed by atoms with Crippen LogP contribution in [0.5, 0.6) is 0 Å². The second kappa shape index (κ2) is 10.1. The number of aliphatic imine (C=N–C) groups is 1. The number of hydrogen-bond acceptors (Lipinski definition) is 11. The second-order valence-corrected chi connectivity index (χ2v) is 5.90. The third-order valence-electron chi connectivity index (χ3n) is 3.01. The van der Waals surface area contributed by atoms with Crippen molar-refractivity contribution in [1.29, 1.82) is 5.26 Å². The predicted molar refractivity (Wildman–Crippen MR) is 88.4 cm³/mol. The minimum Gasteiger partial charge on any atom is -0.456 e. The van der Waals surface area contributed by atoms with Gasteiger partial charge in [-0.2, -0.15) is 10.3 Å². The van der Waals surface area contributed by atoms with Gasteiger partial charge in [0.05, 0.1) is 5.16 Å². The Kier molecular flexibility index (Phi) is 8.51. The summed E-state index contributed by atoms with van der Waals surface area (Å²) in [6, 6.07) is 0. The molecule has 1 aliphatic rings. The number of nitrogens with zero attached hydrogens (tertiary/aromatic N) is 2. The fourth-order valence-corrected chi connectivity index (χ4v) is 2.89. The molecule has 0 radical (unpaired) electrons. The first-order valence-corrected chi connectivity index (χ1v) is 8.44. The number of hydrogen-bond donors (Lipinski definition) is 0. The summed E-state index contributed by atoms with van der Waals surface area (Å²) in [6.07, 6.45) is -5.43. The van der Waals surface area contributed by atoms with Gasteiger partial charge in [0, 0.05) is 26.5 Å². The Hall–Kier alpha value is -1.99. The van der Waals surface area contributed by atoms with Crippen molar-refractivity contribution in [3.05, 3.63) is 0 Å². The Balaban J connectivity index is 3.28. The molecule has 0 aliphatic carbocycles. The van der Waals surface area contributed by atoms with Crippen LogP contribution < -0.4 is 0 Å². The molecule has 0 saturated carbocycles. The summed E-state index contributed by atoms with van der Waals surface area (Å²) in [7, 11) is 0. The molecule has 0 amide bonds. The van der Waals surface area contributed by atoms with Gasteiger partial charge >= 0.3 is 17.9 Å². The van der Waals surface area contributed by atoms with Crippen LogP contribution in [0.15, 0.2) is 4.99 Å². The Morgan fingerprint density at radius 3 is 2.08 bits per heavy atom. The quantitative estimate of drug-likeness (QED) is 0.212. The predicted octanol–water partition coefficient (Wildman–Crippen LogP) is 0.823. The van der Waals surface area contributed by atoms with Crippen LogP contribution in [0.1, 0.15) is 20.8 Å². The molecule has 0 N–H and O–H groups in total. The monoisotopic (exact) mass is 388 g/mol. The van der Waals surface area contributed by atoms with Crippen molar-refractivity contribution < 1.29 is 33.3 Å². The van der Waals surface area contributed by atoms with Gasteiger partial charge in [-0.3, -0.25) is 14.4 Å². The number of ether oxygens (including phenoxy) is 4. The number of esters is 3. The molecule has 1 rings (SSSR count). The van der Waals surface area contributed by atoms with Gasteiger partial charge in [-0.15, -0.1) is 0 Å². The van der Waals surface area contributed by atoms with Crippen LogP contribution in [0.25, 0.3) is 0 Å². The maximum absolute atomic E-state index is 11.5. The van der Waals surface area contributed by atoms with Crippen LogP contribution in [-0.2, 0) is 33.3 Å². The van der Waals surface area contributed by atoms with Gasteiger partial charge in [0.15, 0.2) is 24.5 Å². The van der Waals surface area contributed by atoms with Crippen molar-refractivity contribution in [2.75, 3.05) is 5.75 Å². The molecule has 0 aromatic heterocycles. The van der Waals surface area contributed by atoms with Crippen molar-refractivity contribution in [2.45, 2.75) is 51.4 Å². The molecular formula is C14H16N2O7S2. The SMILES string of the molecule is CC(=O)O[C@@H]1[C@@H](OC(C)=O)[C@H](N=C=S)O[C@H](CSC#N)[C@H]1OC(C)=O. The number of thioether (sulfide) groups is 1. The van der Waals surface area contributed by atoms with Crippen molar-refractivity contribution in [1.82, 2.24) is 0 Å². The van der Waals surface area contributed by atoms with Crippen LogP contribution in [0.3, 0.4) is 0 Å². The Morgan fingerprint density at radius 2 is 1.60 bits per heavy atom. The highest BCUT2D eigenvalue weighted by Crippen LogP contribution is 2.30. The summed E-state index contributed by atoms with van der Waals surface area (Å²) >= 11 is 5.42. The topological polar surface area (TPSA) is 124 Å². The summed E-state index contributed by atoms with van der Waals surface area (Å²) in [4.78, 5) is 38.1. The molecule has 136 valence electrons. The molecule has 1 heterocycles. The van der Waals surface area contributed by atoms with E-state index >= 15 is 0 Å². The average molecular weight is 388 g/mol. The average Bonchev–Trinajstić information content (AvgIpc) is 2.50. The zero-order chi connectivity index (χ0) is 19.0. The van der Waals surface area contributed by atoms with Crippen molar-refractivity contribution in [3.8, 4) is 5.40 Å². The highest BCUT2D eigenvalue weighted by atomic mass is 32.2. The molecule has 0 bridgehead atoms. The number of nitriles is 1. The molecule has 1 fully saturated rings. The molecule has 11 heteroatoms. The van der Waals surface area contributed by atoms with E-state index in [1.165, 1.54) is 6.92 Å². The van der Waals surface area contributed by atoms with E-state index in [1.54, 1.807) is 0 Å². The van der Waals surface area contributed by atoms with Gasteiger partial charge in [-0.25, -0.2) is 0 Å². The molecule has 0 unspecified atom stereocenters. The third-order valence-corrected chi connectivity index (χ3v) is 3.74. The van der Waals surface area contributed by atoms with Crippen LogP contribution in [0.4, 0.5) is 0 Å². The summed E-state index contributed by atoms with van der Waals surface area (Å²) in [5, 5.41) is 12.7. The lowest BCUT2D eigenvalue weighted by Gasteiger charge is -2.42. The van der Waals surface area contributed by atoms with E-state index in [-0.39, 0.29) is 5.75 Å². The highest BCUT2D eigenvalue weighted by Gasteiger charge is 2.51. The van der Waals surface area contributed by atoms with Gasteiger partial charge in [-0.05, 0) is 24.0 Å². The molecular weight excluding hydrogens is 372 g/mol. The van der Waals surface area contributed by atoms with Crippen molar-refractivity contribution in [3.63, 3.8) is 0 Å². The van der Waals surface area contributed by atoms with Gasteiger partial charge in [0.25, 0.3) is 0 Å². The van der Waals surface area contributed by atoms with Crippen LogP contribution in [0, 0.1) is 10.7 Å². The fourth-order valence-electron chi connectivity index (χ4n) is 2.28. The zero-order valence-corrected chi connectivity index (χ0v) is 15.3. The first kappa shape index (κ1) is 21.1. The van der Waals surface area contributed by atoms with E-state index < -0.39 is 48.6 Å². The van der Waals surface area contributed by atoms with E-state index in [0.717, 1.165) is 25.6 Å². The summed E-state index contributed by atoms with van der Waals surface area (Å²) in [5.41, 5.74) is 0. The lowest BCUT2D eigenvalue weighted by atomic mass is 9.98. The van der Waals surface area contributed by atoms with E-state index in [0.29, 0.717) is 0 Å². The molecule has 25 heavy (non-hydrogen) atoms. The Morgan fingerprint density at radius 1 is 1.08 bits per heavy atom. The van der Waals surface area contributed by atoms with Crippen LogP contribution in [-0.4, -0.2) is 59.5 Å². The van der Waals surface area contributed by atoms with Crippen molar-refractivity contribution in [2.24, 2.45) is 4.99 Å². The maximum atomic E-state index is 11.5. The summed E-state index contributed by atoms with van der Waals surface area (Å²) < 4.78 is 21.2. The number of thiocarbonyl (C=S) groups is 1. The minimum absolute atomic E-state index is 0.0997. The summed E-state index contributed by atoms with van der Waals surface area (Å²) in [6.45, 7) is 3.48. The van der Waals surface area contributed by atoms with E-state index in [4.69, 9.17) is 24.2 Å². The highest BCUT2D eigenvalue weighted by molar-refractivity contribution is 8.03. The van der Waals surface area contributed by atoms with Gasteiger partial charge in [0.1, 0.15) is 11.5 Å². The first-order valence-electron chi connectivity index (χ1n) is 7.05. The van der Waals surface area contributed by atoms with Crippen LogP contribution >= 0.6 is 24.0 Å². The van der Waals surface area contributed by atoms with E-state index in [9.17, 15) is 14.4 Å². The number of isothiocyanates is 1. The Bertz CT molecular complexity index is 615. The fraction of sp³-hybridized carbons (Fsp3) is 0.643. The van der Waals surface area contributed by atoms with Gasteiger partial charge in [0.2, 0.25) is 0 Å².